The van der Waals surface area contributed by atoms with Crippen molar-refractivity contribution < 1.29 is 9.21 Å². The number of rotatable bonds is 4. The number of carbonyl (C=O) groups excluding carboxylic acids is 1. The molecule has 2 aromatic heterocycles. The third kappa shape index (κ3) is 4.80. The molecule has 3 heterocycles. The highest BCUT2D eigenvalue weighted by molar-refractivity contribution is 5.85. The number of hydrogen-bond acceptors (Lipinski definition) is 5. The molecule has 1 unspecified atom stereocenters. The van der Waals surface area contributed by atoms with Crippen LogP contribution in [0.25, 0.3) is 11.5 Å². The summed E-state index contributed by atoms with van der Waals surface area (Å²) in [5, 5.41) is 3.35. The van der Waals surface area contributed by atoms with Crippen LogP contribution in [-0.2, 0) is 18.3 Å². The van der Waals surface area contributed by atoms with Gasteiger partial charge in [0.1, 0.15) is 17.6 Å². The lowest BCUT2D eigenvalue weighted by Crippen LogP contribution is -2.50. The van der Waals surface area contributed by atoms with Gasteiger partial charge in [0.15, 0.2) is 0 Å². The molecular formula is C20H25Cl2N5O2. The first-order valence-corrected chi connectivity index (χ1v) is 9.12. The Hall–Kier alpha value is -2.35. The maximum Gasteiger partial charge on any atom is 0.229 e. The largest absolute Gasteiger partial charge is 0.441 e. The minimum absolute atomic E-state index is 0. The van der Waals surface area contributed by atoms with E-state index >= 15 is 0 Å². The van der Waals surface area contributed by atoms with E-state index in [0.717, 1.165) is 17.9 Å². The van der Waals surface area contributed by atoms with Gasteiger partial charge in [-0.2, -0.15) is 0 Å². The lowest BCUT2D eigenvalue weighted by Gasteiger charge is -2.35. The summed E-state index contributed by atoms with van der Waals surface area (Å²) >= 11 is 0. The van der Waals surface area contributed by atoms with Crippen molar-refractivity contribution >= 4 is 30.7 Å². The van der Waals surface area contributed by atoms with E-state index in [1.165, 1.54) is 0 Å². The molecule has 0 saturated carbocycles. The summed E-state index contributed by atoms with van der Waals surface area (Å²) in [5.74, 6) is 2.17. The topological polar surface area (TPSA) is 76.2 Å². The number of carbonyl (C=O) groups is 1. The molecule has 0 spiro atoms. The number of piperazine rings is 1. The van der Waals surface area contributed by atoms with Crippen LogP contribution >= 0.6 is 24.8 Å². The van der Waals surface area contributed by atoms with Gasteiger partial charge in [0.05, 0.1) is 12.1 Å². The summed E-state index contributed by atoms with van der Waals surface area (Å²) in [7, 11) is 1.95. The zero-order valence-electron chi connectivity index (χ0n) is 16.4. The number of amides is 1. The predicted octanol–water partition coefficient (Wildman–Crippen LogP) is 2.94. The average molecular weight is 438 g/mol. The van der Waals surface area contributed by atoms with Crippen LogP contribution in [0.1, 0.15) is 23.3 Å². The van der Waals surface area contributed by atoms with Crippen molar-refractivity contribution in [2.24, 2.45) is 7.05 Å². The molecule has 156 valence electrons. The van der Waals surface area contributed by atoms with Crippen molar-refractivity contribution in [3.05, 3.63) is 60.0 Å². The van der Waals surface area contributed by atoms with Gasteiger partial charge in [-0.05, 0) is 19.1 Å². The van der Waals surface area contributed by atoms with Crippen LogP contribution in [-0.4, -0.2) is 45.0 Å². The molecule has 1 fully saturated rings. The van der Waals surface area contributed by atoms with Crippen LogP contribution in [0.5, 0.6) is 0 Å². The second kappa shape index (κ2) is 9.91. The van der Waals surface area contributed by atoms with Crippen LogP contribution in [0.2, 0.25) is 0 Å². The fourth-order valence-electron chi connectivity index (χ4n) is 3.47. The van der Waals surface area contributed by atoms with E-state index < -0.39 is 0 Å². The highest BCUT2D eigenvalue weighted by Crippen LogP contribution is 2.24. The van der Waals surface area contributed by atoms with E-state index in [4.69, 9.17) is 4.42 Å². The van der Waals surface area contributed by atoms with Crippen molar-refractivity contribution in [1.82, 2.24) is 24.8 Å². The molecule has 3 aromatic rings. The maximum absolute atomic E-state index is 13.1. The summed E-state index contributed by atoms with van der Waals surface area (Å²) in [4.78, 5) is 24.0. The Kier molecular flexibility index (Phi) is 7.84. The van der Waals surface area contributed by atoms with Crippen molar-refractivity contribution in [2.75, 3.05) is 19.6 Å². The van der Waals surface area contributed by atoms with E-state index in [9.17, 15) is 4.79 Å². The number of hydrogen-bond donors (Lipinski definition) is 1. The number of oxazole rings is 1. The summed E-state index contributed by atoms with van der Waals surface area (Å²) in [6, 6.07) is 9.66. The molecule has 0 bridgehead atoms. The summed E-state index contributed by atoms with van der Waals surface area (Å²) in [6.07, 6.45) is 3.89. The molecule has 1 aliphatic heterocycles. The van der Waals surface area contributed by atoms with Gasteiger partial charge in [-0.15, -0.1) is 24.8 Å². The summed E-state index contributed by atoms with van der Waals surface area (Å²) in [6.45, 7) is 3.98. The fraction of sp³-hybridized carbons (Fsp3) is 0.350. The molecule has 9 heteroatoms. The van der Waals surface area contributed by atoms with Crippen molar-refractivity contribution in [2.45, 2.75) is 19.4 Å². The Morgan fingerprint density at radius 2 is 2.03 bits per heavy atom. The number of nitrogens with one attached hydrogen (secondary N) is 1. The van der Waals surface area contributed by atoms with Crippen LogP contribution < -0.4 is 5.32 Å². The van der Waals surface area contributed by atoms with E-state index in [1.54, 1.807) is 6.20 Å². The molecule has 4 rings (SSSR count). The third-order valence-electron chi connectivity index (χ3n) is 4.95. The highest BCUT2D eigenvalue weighted by Gasteiger charge is 2.31. The van der Waals surface area contributed by atoms with E-state index in [2.05, 4.69) is 15.3 Å². The van der Waals surface area contributed by atoms with Gasteiger partial charge in [-0.1, -0.05) is 18.2 Å². The van der Waals surface area contributed by atoms with E-state index in [1.807, 2.05) is 60.0 Å². The number of benzene rings is 1. The fourth-order valence-corrected chi connectivity index (χ4v) is 3.47. The van der Waals surface area contributed by atoms with Crippen LogP contribution in [0.15, 0.2) is 47.1 Å². The first-order valence-electron chi connectivity index (χ1n) is 9.12. The zero-order valence-corrected chi connectivity index (χ0v) is 18.0. The van der Waals surface area contributed by atoms with Gasteiger partial charge in [0, 0.05) is 44.6 Å². The van der Waals surface area contributed by atoms with E-state index in [0.29, 0.717) is 30.4 Å². The van der Waals surface area contributed by atoms with Gasteiger partial charge in [0.2, 0.25) is 11.8 Å². The normalized spacial score (nSPS) is 16.1. The van der Waals surface area contributed by atoms with Crippen molar-refractivity contribution in [3.63, 3.8) is 0 Å². The molecule has 1 atom stereocenters. The first-order chi connectivity index (χ1) is 13.1. The molecule has 1 N–H and O–H groups in total. The Morgan fingerprint density at radius 3 is 2.72 bits per heavy atom. The first kappa shape index (κ1) is 22.9. The molecule has 1 aliphatic rings. The molecular weight excluding hydrogens is 413 g/mol. The summed E-state index contributed by atoms with van der Waals surface area (Å²) < 4.78 is 7.76. The minimum Gasteiger partial charge on any atom is -0.441 e. The summed E-state index contributed by atoms with van der Waals surface area (Å²) in [5.41, 5.74) is 1.60. The SMILES string of the molecule is Cc1oc(-c2ccccc2)nc1CC(=O)N1CCNCC1c1nccn1C.Cl.Cl. The number of aromatic nitrogens is 3. The second-order valence-corrected chi connectivity index (χ2v) is 6.77. The molecule has 1 aromatic carbocycles. The van der Waals surface area contributed by atoms with Gasteiger partial charge < -0.3 is 19.2 Å². The second-order valence-electron chi connectivity index (χ2n) is 6.77. The van der Waals surface area contributed by atoms with Gasteiger partial charge in [-0.25, -0.2) is 9.97 Å². The lowest BCUT2D eigenvalue weighted by molar-refractivity contribution is -0.134. The minimum atomic E-state index is -0.0768. The van der Waals surface area contributed by atoms with Crippen molar-refractivity contribution in [1.29, 1.82) is 0 Å². The monoisotopic (exact) mass is 437 g/mol. The van der Waals surface area contributed by atoms with Gasteiger partial charge >= 0.3 is 0 Å². The highest BCUT2D eigenvalue weighted by atomic mass is 35.5. The van der Waals surface area contributed by atoms with Crippen LogP contribution in [0.4, 0.5) is 0 Å². The standard InChI is InChI=1S/C20H23N5O2.2ClH/c1-14-16(23-20(27-14)15-6-4-3-5-7-15)12-18(26)25-11-8-21-13-17(25)19-22-9-10-24(19)2;;/h3-7,9-10,17,21H,8,11-13H2,1-2H3;2*1H. The van der Waals surface area contributed by atoms with Crippen LogP contribution in [0, 0.1) is 6.92 Å². The number of halogens is 2. The zero-order chi connectivity index (χ0) is 18.8. The molecule has 1 saturated heterocycles. The molecule has 0 radical (unpaired) electrons. The average Bonchev–Trinajstić information content (AvgIpc) is 3.28. The lowest BCUT2D eigenvalue weighted by atomic mass is 10.1. The number of aryl methyl sites for hydroxylation is 2. The molecule has 29 heavy (non-hydrogen) atoms. The molecule has 7 nitrogen and oxygen atoms in total. The number of nitrogens with zero attached hydrogens (tertiary/aromatic N) is 4. The third-order valence-corrected chi connectivity index (χ3v) is 4.95. The quantitative estimate of drug-likeness (QED) is 0.678. The number of imidazole rings is 1. The maximum atomic E-state index is 13.1. The Labute approximate surface area is 182 Å². The predicted molar refractivity (Wildman–Crippen MR) is 115 cm³/mol. The van der Waals surface area contributed by atoms with E-state index in [-0.39, 0.29) is 43.2 Å². The smallest absolute Gasteiger partial charge is 0.229 e. The van der Waals surface area contributed by atoms with Gasteiger partial charge in [-0.3, -0.25) is 4.79 Å². The molecule has 1 amide bonds. The Bertz CT molecular complexity index is 942. The Balaban J connectivity index is 0.00000150. The Morgan fingerprint density at radius 1 is 1.28 bits per heavy atom. The van der Waals surface area contributed by atoms with Crippen LogP contribution in [0.3, 0.4) is 0 Å². The van der Waals surface area contributed by atoms with Crippen molar-refractivity contribution in [3.8, 4) is 11.5 Å². The molecule has 0 aliphatic carbocycles. The van der Waals surface area contributed by atoms with Gasteiger partial charge in [0.25, 0.3) is 0 Å².